The molecular formula is C27H27F3O2. The molecule has 0 aromatic heterocycles. The van der Waals surface area contributed by atoms with Crippen molar-refractivity contribution >= 4 is 0 Å². The molecule has 1 fully saturated rings. The van der Waals surface area contributed by atoms with E-state index in [2.05, 4.69) is 55.5 Å². The summed E-state index contributed by atoms with van der Waals surface area (Å²) in [5, 5.41) is 0. The van der Waals surface area contributed by atoms with Crippen LogP contribution in [0.15, 0.2) is 60.7 Å². The first-order chi connectivity index (χ1) is 15.5. The zero-order chi connectivity index (χ0) is 22.7. The molecule has 0 radical (unpaired) electrons. The van der Waals surface area contributed by atoms with Crippen LogP contribution in [0.2, 0.25) is 0 Å². The topological polar surface area (TPSA) is 18.5 Å². The van der Waals surface area contributed by atoms with Crippen molar-refractivity contribution in [2.24, 2.45) is 0 Å². The van der Waals surface area contributed by atoms with Crippen molar-refractivity contribution in [1.82, 2.24) is 0 Å². The van der Waals surface area contributed by atoms with E-state index in [9.17, 15) is 13.2 Å². The Morgan fingerprint density at radius 3 is 2.16 bits per heavy atom. The minimum absolute atomic E-state index is 0.0846. The fourth-order valence-electron chi connectivity index (χ4n) is 4.29. The summed E-state index contributed by atoms with van der Waals surface area (Å²) in [4.78, 5) is 0. The van der Waals surface area contributed by atoms with E-state index in [0.717, 1.165) is 16.7 Å². The van der Waals surface area contributed by atoms with Gasteiger partial charge in [0.05, 0.1) is 24.9 Å². The van der Waals surface area contributed by atoms with Gasteiger partial charge in [-0.25, -0.2) is 13.2 Å². The third-order valence-corrected chi connectivity index (χ3v) is 6.07. The van der Waals surface area contributed by atoms with Gasteiger partial charge in [0.2, 0.25) is 0 Å². The molecule has 0 spiro atoms. The van der Waals surface area contributed by atoms with Crippen LogP contribution in [0.3, 0.4) is 0 Å². The van der Waals surface area contributed by atoms with Gasteiger partial charge in [-0.05, 0) is 55.0 Å². The number of hydrogen-bond acceptors (Lipinski definition) is 2. The van der Waals surface area contributed by atoms with E-state index in [0.29, 0.717) is 12.8 Å². The summed E-state index contributed by atoms with van der Waals surface area (Å²) in [6, 6.07) is 19.7. The maximum Gasteiger partial charge on any atom is 0.270 e. The van der Waals surface area contributed by atoms with Gasteiger partial charge in [-0.15, -0.1) is 0 Å². The molecule has 2 unspecified atom stereocenters. The third-order valence-electron chi connectivity index (χ3n) is 6.07. The first-order valence-corrected chi connectivity index (χ1v) is 11.0. The quantitative estimate of drug-likeness (QED) is 0.390. The van der Waals surface area contributed by atoms with Gasteiger partial charge in [-0.2, -0.15) is 0 Å². The lowest BCUT2D eigenvalue weighted by Gasteiger charge is -2.30. The standard InChI is InChI=1S/C27H27F3O2/c1-3-31-24-15-13-22(26(28)25(24)27(29)30)21-12-14-23(32-16-21)20-10-8-19(9-11-20)18-6-4-17(2)5-7-18/h4-11,13,15,21,23,27H,3,12,14,16H2,1-2H3. The van der Waals surface area contributed by atoms with Crippen molar-refractivity contribution in [1.29, 1.82) is 0 Å². The normalized spacial score (nSPS) is 18.7. The highest BCUT2D eigenvalue weighted by Gasteiger charge is 2.30. The maximum atomic E-state index is 14.9. The summed E-state index contributed by atoms with van der Waals surface area (Å²) in [7, 11) is 0. The lowest BCUT2D eigenvalue weighted by atomic mass is 9.88. The largest absolute Gasteiger partial charge is 0.493 e. The molecule has 0 N–H and O–H groups in total. The summed E-state index contributed by atoms with van der Waals surface area (Å²) >= 11 is 0. The Hall–Kier alpha value is -2.79. The average molecular weight is 441 g/mol. The van der Waals surface area contributed by atoms with E-state index >= 15 is 0 Å². The van der Waals surface area contributed by atoms with Crippen LogP contribution in [0.1, 0.15) is 60.5 Å². The Balaban J connectivity index is 1.45. The molecule has 0 saturated carbocycles. The van der Waals surface area contributed by atoms with Gasteiger partial charge in [0, 0.05) is 5.92 Å². The SMILES string of the molecule is CCOc1ccc(C2CCC(c3ccc(-c4ccc(C)cc4)cc3)OC2)c(F)c1C(F)F. The van der Waals surface area contributed by atoms with Gasteiger partial charge in [0.1, 0.15) is 11.6 Å². The number of alkyl halides is 2. The maximum absolute atomic E-state index is 14.9. The van der Waals surface area contributed by atoms with Crippen LogP contribution < -0.4 is 4.74 Å². The average Bonchev–Trinajstić information content (AvgIpc) is 2.80. The second-order valence-electron chi connectivity index (χ2n) is 8.20. The number of aryl methyl sites for hydroxylation is 1. The molecule has 0 aliphatic carbocycles. The smallest absolute Gasteiger partial charge is 0.270 e. The van der Waals surface area contributed by atoms with Crippen LogP contribution in [0.4, 0.5) is 13.2 Å². The number of hydrogen-bond donors (Lipinski definition) is 0. The van der Waals surface area contributed by atoms with E-state index in [-0.39, 0.29) is 36.5 Å². The molecule has 2 atom stereocenters. The molecule has 0 amide bonds. The Bertz CT molecular complexity index is 1040. The molecular weight excluding hydrogens is 413 g/mol. The summed E-state index contributed by atoms with van der Waals surface area (Å²) in [5.41, 5.74) is 4.21. The summed E-state index contributed by atoms with van der Waals surface area (Å²) < 4.78 is 53.1. The van der Waals surface area contributed by atoms with Crippen LogP contribution in [0, 0.1) is 12.7 Å². The minimum atomic E-state index is -2.93. The Labute approximate surface area is 187 Å². The predicted molar refractivity (Wildman–Crippen MR) is 120 cm³/mol. The van der Waals surface area contributed by atoms with Gasteiger partial charge in [-0.3, -0.25) is 0 Å². The first-order valence-electron chi connectivity index (χ1n) is 11.0. The predicted octanol–water partition coefficient (Wildman–Crippen LogP) is 7.77. The van der Waals surface area contributed by atoms with Gasteiger partial charge in [-0.1, -0.05) is 60.2 Å². The molecule has 168 valence electrons. The van der Waals surface area contributed by atoms with Crippen LogP contribution in [0.5, 0.6) is 5.75 Å². The Kier molecular flexibility index (Phi) is 6.85. The van der Waals surface area contributed by atoms with Crippen LogP contribution >= 0.6 is 0 Å². The Morgan fingerprint density at radius 1 is 0.938 bits per heavy atom. The number of halogens is 3. The summed E-state index contributed by atoms with van der Waals surface area (Å²) in [6.07, 6.45) is -1.65. The van der Waals surface area contributed by atoms with Gasteiger partial charge in [0.25, 0.3) is 6.43 Å². The second kappa shape index (κ2) is 9.78. The van der Waals surface area contributed by atoms with E-state index in [1.807, 2.05) is 0 Å². The van der Waals surface area contributed by atoms with Crippen molar-refractivity contribution in [2.75, 3.05) is 13.2 Å². The first kappa shape index (κ1) is 22.4. The van der Waals surface area contributed by atoms with Crippen molar-refractivity contribution in [2.45, 2.75) is 45.1 Å². The van der Waals surface area contributed by atoms with Gasteiger partial charge < -0.3 is 9.47 Å². The highest BCUT2D eigenvalue weighted by molar-refractivity contribution is 5.64. The molecule has 1 aliphatic rings. The number of rotatable bonds is 6. The lowest BCUT2D eigenvalue weighted by molar-refractivity contribution is 0.00157. The highest BCUT2D eigenvalue weighted by Crippen LogP contribution is 2.40. The second-order valence-corrected chi connectivity index (χ2v) is 8.20. The molecule has 0 bridgehead atoms. The zero-order valence-corrected chi connectivity index (χ0v) is 18.3. The van der Waals surface area contributed by atoms with Crippen molar-refractivity contribution in [3.8, 4) is 16.9 Å². The van der Waals surface area contributed by atoms with Gasteiger partial charge >= 0.3 is 0 Å². The molecule has 3 aromatic carbocycles. The fourth-order valence-corrected chi connectivity index (χ4v) is 4.29. The molecule has 32 heavy (non-hydrogen) atoms. The van der Waals surface area contributed by atoms with Crippen molar-refractivity contribution in [3.05, 3.63) is 88.7 Å². The molecule has 5 heteroatoms. The number of benzene rings is 3. The van der Waals surface area contributed by atoms with Crippen molar-refractivity contribution in [3.63, 3.8) is 0 Å². The highest BCUT2D eigenvalue weighted by atomic mass is 19.3. The van der Waals surface area contributed by atoms with E-state index in [4.69, 9.17) is 9.47 Å². The van der Waals surface area contributed by atoms with Crippen molar-refractivity contribution < 1.29 is 22.6 Å². The monoisotopic (exact) mass is 440 g/mol. The molecule has 3 aromatic rings. The fraction of sp³-hybridized carbons (Fsp3) is 0.333. The van der Waals surface area contributed by atoms with Crippen LogP contribution in [0.25, 0.3) is 11.1 Å². The lowest BCUT2D eigenvalue weighted by Crippen LogP contribution is -2.20. The van der Waals surface area contributed by atoms with Gasteiger partial charge in [0.15, 0.2) is 0 Å². The Morgan fingerprint density at radius 2 is 1.59 bits per heavy atom. The van der Waals surface area contributed by atoms with Crippen LogP contribution in [-0.4, -0.2) is 13.2 Å². The molecule has 1 saturated heterocycles. The minimum Gasteiger partial charge on any atom is -0.493 e. The van der Waals surface area contributed by atoms with E-state index < -0.39 is 17.8 Å². The van der Waals surface area contributed by atoms with E-state index in [1.165, 1.54) is 11.6 Å². The molecule has 1 heterocycles. The molecule has 2 nitrogen and oxygen atoms in total. The summed E-state index contributed by atoms with van der Waals surface area (Å²) in [6.45, 7) is 4.24. The molecule has 1 aliphatic heterocycles. The summed E-state index contributed by atoms with van der Waals surface area (Å²) in [5.74, 6) is -1.22. The molecule has 4 rings (SSSR count). The van der Waals surface area contributed by atoms with Crippen LogP contribution in [-0.2, 0) is 4.74 Å². The third kappa shape index (κ3) is 4.68. The number of ether oxygens (including phenoxy) is 2. The van der Waals surface area contributed by atoms with E-state index in [1.54, 1.807) is 13.0 Å². The zero-order valence-electron chi connectivity index (χ0n) is 18.3.